The summed E-state index contributed by atoms with van der Waals surface area (Å²) in [6, 6.07) is 7.25. The van der Waals surface area contributed by atoms with Gasteiger partial charge in [-0.15, -0.1) is 0 Å². The third kappa shape index (κ3) is 4.13. The van der Waals surface area contributed by atoms with Crippen molar-refractivity contribution in [3.05, 3.63) is 42.4 Å². The fourth-order valence-electron chi connectivity index (χ4n) is 3.33. The third-order valence-electron chi connectivity index (χ3n) is 5.09. The van der Waals surface area contributed by atoms with Crippen LogP contribution in [0, 0.1) is 5.92 Å². The largest absolute Gasteiger partial charge is 0.368 e. The summed E-state index contributed by atoms with van der Waals surface area (Å²) >= 11 is 0. The topological polar surface area (TPSA) is 141 Å². The number of hydrogen-bond acceptors (Lipinski definition) is 6. The molecule has 29 heavy (non-hydrogen) atoms. The first-order valence-electron chi connectivity index (χ1n) is 9.45. The Morgan fingerprint density at radius 1 is 1.28 bits per heavy atom. The highest BCUT2D eigenvalue weighted by molar-refractivity contribution is 5.97. The molecule has 0 radical (unpaired) electrons. The lowest BCUT2D eigenvalue weighted by molar-refractivity contribution is -0.118. The highest BCUT2D eigenvalue weighted by Gasteiger charge is 2.28. The van der Waals surface area contributed by atoms with Gasteiger partial charge < -0.3 is 26.7 Å². The van der Waals surface area contributed by atoms with E-state index in [0.717, 1.165) is 29.4 Å². The monoisotopic (exact) mass is 393 g/mol. The van der Waals surface area contributed by atoms with Crippen LogP contribution in [0.2, 0.25) is 0 Å². The molecule has 0 saturated heterocycles. The molecule has 2 amide bonds. The maximum Gasteiger partial charge on any atom is 0.271 e. The van der Waals surface area contributed by atoms with Crippen LogP contribution in [0.5, 0.6) is 0 Å². The Morgan fingerprint density at radius 3 is 2.76 bits per heavy atom. The van der Waals surface area contributed by atoms with Gasteiger partial charge in [0.1, 0.15) is 11.9 Å². The van der Waals surface area contributed by atoms with Crippen molar-refractivity contribution in [1.82, 2.24) is 14.5 Å². The van der Waals surface area contributed by atoms with Crippen LogP contribution >= 0.6 is 0 Å². The molecule has 9 heteroatoms. The zero-order valence-corrected chi connectivity index (χ0v) is 16.1. The summed E-state index contributed by atoms with van der Waals surface area (Å²) < 4.78 is 2.02. The number of aryl methyl sites for hydroxylation is 1. The predicted octanol–water partition coefficient (Wildman–Crippen LogP) is 1.88. The van der Waals surface area contributed by atoms with Crippen molar-refractivity contribution in [1.29, 1.82) is 0 Å². The van der Waals surface area contributed by atoms with E-state index in [9.17, 15) is 9.59 Å². The van der Waals surface area contributed by atoms with Crippen molar-refractivity contribution in [2.24, 2.45) is 24.4 Å². The number of aromatic nitrogens is 3. The average Bonchev–Trinajstić information content (AvgIpc) is 3.42. The minimum atomic E-state index is -0.697. The van der Waals surface area contributed by atoms with Gasteiger partial charge in [0, 0.05) is 29.8 Å². The number of benzene rings is 1. The minimum Gasteiger partial charge on any atom is -0.368 e. The maximum atomic E-state index is 11.8. The third-order valence-corrected chi connectivity index (χ3v) is 5.09. The minimum absolute atomic E-state index is 0.0153. The zero-order valence-electron chi connectivity index (χ0n) is 16.1. The summed E-state index contributed by atoms with van der Waals surface area (Å²) in [4.78, 5) is 32.1. The van der Waals surface area contributed by atoms with Crippen LogP contribution in [0.25, 0.3) is 10.9 Å². The highest BCUT2D eigenvalue weighted by Crippen LogP contribution is 2.34. The molecule has 3 aromatic rings. The standard InChI is InChI=1S/C20H23N7O2/c1-27-7-6-12-9-13(4-5-15(12)27)24-20-17(19(22)29)23-10-16(26-20)25-14(18(21)28)8-11-2-3-11/h4-7,9-11,14H,2-3,8H2,1H3,(H2,21,28)(H2,22,29)(H2,24,25,26). The fraction of sp³-hybridized carbons (Fsp3) is 0.300. The maximum absolute atomic E-state index is 11.8. The first-order chi connectivity index (χ1) is 13.9. The molecular weight excluding hydrogens is 370 g/mol. The summed E-state index contributed by atoms with van der Waals surface area (Å²) in [6.45, 7) is 0. The number of nitrogens with one attached hydrogen (secondary N) is 2. The van der Waals surface area contributed by atoms with Crippen LogP contribution in [-0.2, 0) is 11.8 Å². The zero-order chi connectivity index (χ0) is 20.5. The molecule has 0 spiro atoms. The van der Waals surface area contributed by atoms with E-state index in [1.807, 2.05) is 42.1 Å². The second-order valence-electron chi connectivity index (χ2n) is 7.42. The molecule has 6 N–H and O–H groups in total. The van der Waals surface area contributed by atoms with Gasteiger partial charge in [-0.2, -0.15) is 0 Å². The van der Waals surface area contributed by atoms with Crippen molar-refractivity contribution in [2.45, 2.75) is 25.3 Å². The van der Waals surface area contributed by atoms with Crippen molar-refractivity contribution in [2.75, 3.05) is 10.6 Å². The van der Waals surface area contributed by atoms with Gasteiger partial charge in [0.15, 0.2) is 11.5 Å². The van der Waals surface area contributed by atoms with Crippen LogP contribution in [0.15, 0.2) is 36.7 Å². The van der Waals surface area contributed by atoms with E-state index >= 15 is 0 Å². The number of hydrogen-bond donors (Lipinski definition) is 4. The number of nitrogens with zero attached hydrogens (tertiary/aromatic N) is 3. The number of anilines is 3. The molecule has 1 saturated carbocycles. The van der Waals surface area contributed by atoms with Crippen LogP contribution in [0.1, 0.15) is 29.8 Å². The summed E-state index contributed by atoms with van der Waals surface area (Å²) in [5.74, 6) is -0.0679. The fourth-order valence-corrected chi connectivity index (χ4v) is 3.33. The molecule has 2 aromatic heterocycles. The van der Waals surface area contributed by atoms with Crippen molar-refractivity contribution >= 4 is 40.0 Å². The van der Waals surface area contributed by atoms with Crippen molar-refractivity contribution in [3.8, 4) is 0 Å². The lowest BCUT2D eigenvalue weighted by Crippen LogP contribution is -2.36. The normalized spacial score (nSPS) is 14.5. The molecule has 0 bridgehead atoms. The first kappa shape index (κ1) is 18.7. The molecule has 1 aromatic carbocycles. The number of nitrogens with two attached hydrogens (primary N) is 2. The summed E-state index contributed by atoms with van der Waals surface area (Å²) in [7, 11) is 1.97. The Morgan fingerprint density at radius 2 is 2.07 bits per heavy atom. The molecule has 1 aliphatic carbocycles. The lowest BCUT2D eigenvalue weighted by atomic mass is 10.1. The quantitative estimate of drug-likeness (QED) is 0.460. The van der Waals surface area contributed by atoms with Crippen molar-refractivity contribution < 1.29 is 9.59 Å². The Balaban J connectivity index is 1.61. The van der Waals surface area contributed by atoms with E-state index in [1.54, 1.807) is 0 Å². The van der Waals surface area contributed by atoms with Crippen LogP contribution < -0.4 is 22.1 Å². The van der Waals surface area contributed by atoms with Crippen molar-refractivity contribution in [3.63, 3.8) is 0 Å². The highest BCUT2D eigenvalue weighted by atomic mass is 16.1. The summed E-state index contributed by atoms with van der Waals surface area (Å²) in [6.07, 6.45) is 6.22. The second-order valence-corrected chi connectivity index (χ2v) is 7.42. The van der Waals surface area contributed by atoms with Gasteiger partial charge in [-0.05, 0) is 36.6 Å². The molecule has 1 unspecified atom stereocenters. The number of primary amides is 2. The summed E-state index contributed by atoms with van der Waals surface area (Å²) in [5.41, 5.74) is 12.8. The van der Waals surface area contributed by atoms with Gasteiger partial charge in [0.05, 0.1) is 6.20 Å². The molecule has 2 heterocycles. The molecule has 4 rings (SSSR count). The number of amides is 2. The number of fused-ring (bicyclic) bond motifs is 1. The Bertz CT molecular complexity index is 1090. The molecule has 1 atom stereocenters. The van der Waals surface area contributed by atoms with Crippen LogP contribution in [-0.4, -0.2) is 32.4 Å². The Labute approximate surface area is 167 Å². The molecule has 9 nitrogen and oxygen atoms in total. The van der Waals surface area contributed by atoms with Gasteiger partial charge in [-0.25, -0.2) is 9.97 Å². The first-order valence-corrected chi connectivity index (χ1v) is 9.45. The molecule has 150 valence electrons. The van der Waals surface area contributed by atoms with E-state index in [2.05, 4.69) is 20.6 Å². The number of rotatable bonds is 8. The van der Waals surface area contributed by atoms with Gasteiger partial charge >= 0.3 is 0 Å². The predicted molar refractivity (Wildman–Crippen MR) is 111 cm³/mol. The molecular formula is C20H23N7O2. The smallest absolute Gasteiger partial charge is 0.271 e. The Hall–Kier alpha value is -3.62. The van der Waals surface area contributed by atoms with Crippen LogP contribution in [0.3, 0.4) is 0 Å². The molecule has 0 aliphatic heterocycles. The van der Waals surface area contributed by atoms with E-state index in [-0.39, 0.29) is 11.5 Å². The average molecular weight is 393 g/mol. The number of carbonyl (C=O) groups is 2. The SMILES string of the molecule is Cn1ccc2cc(Nc3nc(NC(CC4CC4)C(N)=O)cnc3C(N)=O)ccc21. The van der Waals surface area contributed by atoms with Gasteiger partial charge in [0.25, 0.3) is 5.91 Å². The van der Waals surface area contributed by atoms with E-state index in [4.69, 9.17) is 11.5 Å². The molecule has 1 fully saturated rings. The van der Waals surface area contributed by atoms with Gasteiger partial charge in [-0.3, -0.25) is 9.59 Å². The van der Waals surface area contributed by atoms with Gasteiger partial charge in [-0.1, -0.05) is 12.8 Å². The number of carbonyl (C=O) groups excluding carboxylic acids is 2. The lowest BCUT2D eigenvalue weighted by Gasteiger charge is -2.17. The van der Waals surface area contributed by atoms with E-state index < -0.39 is 17.9 Å². The van der Waals surface area contributed by atoms with Crippen LogP contribution in [0.4, 0.5) is 17.3 Å². The molecule has 1 aliphatic rings. The van der Waals surface area contributed by atoms with E-state index in [1.165, 1.54) is 6.20 Å². The summed E-state index contributed by atoms with van der Waals surface area (Å²) in [5, 5.41) is 7.18. The Kier molecular flexibility index (Phi) is 4.79. The second kappa shape index (κ2) is 7.42. The van der Waals surface area contributed by atoms with E-state index in [0.29, 0.717) is 18.2 Å². The van der Waals surface area contributed by atoms with Gasteiger partial charge in [0.2, 0.25) is 5.91 Å².